The number of hydrogen-bond donors (Lipinski definition) is 1. The van der Waals surface area contributed by atoms with E-state index in [0.29, 0.717) is 5.95 Å². The van der Waals surface area contributed by atoms with Crippen molar-refractivity contribution in [1.29, 1.82) is 0 Å². The smallest absolute Gasteiger partial charge is 0.254 e. The molecule has 3 aromatic heterocycles. The minimum absolute atomic E-state index is 0.674. The van der Waals surface area contributed by atoms with Crippen molar-refractivity contribution in [3.05, 3.63) is 27.9 Å². The Bertz CT molecular complexity index is 985. The molecule has 3 aromatic rings. The Hall–Kier alpha value is -1.99. The summed E-state index contributed by atoms with van der Waals surface area (Å²) in [5.74, 6) is 1.66. The van der Waals surface area contributed by atoms with Crippen LogP contribution >= 0.6 is 11.3 Å². The fraction of sp³-hybridized carbons (Fsp3) is 0.591. The summed E-state index contributed by atoms with van der Waals surface area (Å²) in [7, 11) is 0. The van der Waals surface area contributed by atoms with Crippen LogP contribution in [-0.2, 0) is 12.8 Å². The van der Waals surface area contributed by atoms with Gasteiger partial charge in [-0.2, -0.15) is 15.1 Å². The molecule has 0 aliphatic heterocycles. The Morgan fingerprint density at radius 2 is 1.93 bits per heavy atom. The van der Waals surface area contributed by atoms with E-state index in [2.05, 4.69) is 42.2 Å². The molecule has 0 bridgehead atoms. The van der Waals surface area contributed by atoms with Crippen LogP contribution < -0.4 is 5.32 Å². The first-order chi connectivity index (χ1) is 14.1. The number of aromatic nitrogens is 4. The van der Waals surface area contributed by atoms with Crippen LogP contribution in [0.25, 0.3) is 16.2 Å². The van der Waals surface area contributed by atoms with Gasteiger partial charge in [0.1, 0.15) is 10.6 Å². The van der Waals surface area contributed by atoms with Crippen molar-refractivity contribution in [3.63, 3.8) is 0 Å². The summed E-state index contributed by atoms with van der Waals surface area (Å²) in [4.78, 5) is 14.9. The molecule has 4 rings (SSSR count). The first-order valence-corrected chi connectivity index (χ1v) is 11.7. The summed E-state index contributed by atoms with van der Waals surface area (Å²) in [5, 5.41) is 9.51. The van der Waals surface area contributed by atoms with Gasteiger partial charge in [-0.05, 0) is 77.2 Å². The molecule has 156 valence electrons. The van der Waals surface area contributed by atoms with Gasteiger partial charge in [0.05, 0.1) is 11.1 Å². The molecule has 1 aliphatic carbocycles. The average molecular weight is 413 g/mol. The van der Waals surface area contributed by atoms with Gasteiger partial charge in [0, 0.05) is 17.1 Å². The highest BCUT2D eigenvalue weighted by molar-refractivity contribution is 7.19. The van der Waals surface area contributed by atoms with Crippen molar-refractivity contribution in [2.75, 3.05) is 31.5 Å². The third kappa shape index (κ3) is 4.16. The van der Waals surface area contributed by atoms with Gasteiger partial charge < -0.3 is 10.2 Å². The molecule has 0 spiro atoms. The van der Waals surface area contributed by atoms with E-state index in [1.165, 1.54) is 35.1 Å². The zero-order valence-corrected chi connectivity index (χ0v) is 18.9. The number of aryl methyl sites for hydroxylation is 4. The third-order valence-corrected chi connectivity index (χ3v) is 7.03. The van der Waals surface area contributed by atoms with E-state index >= 15 is 0 Å². The van der Waals surface area contributed by atoms with Crippen molar-refractivity contribution in [1.82, 2.24) is 24.6 Å². The van der Waals surface area contributed by atoms with Crippen LogP contribution in [0.5, 0.6) is 0 Å². The van der Waals surface area contributed by atoms with E-state index in [1.54, 1.807) is 0 Å². The van der Waals surface area contributed by atoms with E-state index in [9.17, 15) is 0 Å². The summed E-state index contributed by atoms with van der Waals surface area (Å²) in [6.07, 6.45) is 5.97. The quantitative estimate of drug-likeness (QED) is 0.551. The molecule has 1 N–H and O–H groups in total. The molecule has 3 heterocycles. The first-order valence-electron chi connectivity index (χ1n) is 10.9. The van der Waals surface area contributed by atoms with Crippen molar-refractivity contribution in [2.24, 2.45) is 0 Å². The Morgan fingerprint density at radius 1 is 1.14 bits per heavy atom. The van der Waals surface area contributed by atoms with Crippen molar-refractivity contribution in [3.8, 4) is 5.95 Å². The summed E-state index contributed by atoms with van der Waals surface area (Å²) in [6.45, 7) is 12.8. The van der Waals surface area contributed by atoms with Crippen LogP contribution in [0.1, 0.15) is 54.9 Å². The van der Waals surface area contributed by atoms with E-state index in [1.807, 2.05) is 22.9 Å². The molecule has 0 saturated heterocycles. The molecule has 0 saturated carbocycles. The lowest BCUT2D eigenvalue weighted by Gasteiger charge is -2.18. The predicted octanol–water partition coefficient (Wildman–Crippen LogP) is 4.52. The average Bonchev–Trinajstić information content (AvgIpc) is 3.26. The second kappa shape index (κ2) is 8.79. The second-order valence-corrected chi connectivity index (χ2v) is 8.99. The Morgan fingerprint density at radius 3 is 2.66 bits per heavy atom. The summed E-state index contributed by atoms with van der Waals surface area (Å²) < 4.78 is 1.87. The lowest BCUT2D eigenvalue weighted by molar-refractivity contribution is 0.303. The SMILES string of the molecule is CCN(CC)CCCNc1nc(-n2nc(C)cc2C)nc2sc3c(c12)CCCC3. The fourth-order valence-electron chi connectivity index (χ4n) is 4.25. The van der Waals surface area contributed by atoms with Crippen molar-refractivity contribution < 1.29 is 0 Å². The highest BCUT2D eigenvalue weighted by Crippen LogP contribution is 2.39. The monoisotopic (exact) mass is 412 g/mol. The second-order valence-electron chi connectivity index (χ2n) is 7.91. The number of hydrogen-bond acceptors (Lipinski definition) is 6. The number of rotatable bonds is 8. The molecule has 0 atom stereocenters. The van der Waals surface area contributed by atoms with Crippen LogP contribution in [0, 0.1) is 13.8 Å². The summed E-state index contributed by atoms with van der Waals surface area (Å²) in [5.41, 5.74) is 3.53. The van der Waals surface area contributed by atoms with E-state index < -0.39 is 0 Å². The zero-order valence-electron chi connectivity index (χ0n) is 18.1. The Labute approximate surface area is 177 Å². The summed E-state index contributed by atoms with van der Waals surface area (Å²) in [6, 6.07) is 2.07. The minimum atomic E-state index is 0.674. The first kappa shape index (κ1) is 20.3. The lowest BCUT2D eigenvalue weighted by Crippen LogP contribution is -2.25. The number of fused-ring (bicyclic) bond motifs is 3. The lowest BCUT2D eigenvalue weighted by atomic mass is 9.97. The molecule has 0 aromatic carbocycles. The van der Waals surface area contributed by atoms with Crippen LogP contribution in [-0.4, -0.2) is 50.8 Å². The molecule has 0 unspecified atom stereocenters. The molecule has 29 heavy (non-hydrogen) atoms. The van der Waals surface area contributed by atoms with E-state index in [0.717, 1.165) is 61.1 Å². The van der Waals surface area contributed by atoms with E-state index in [-0.39, 0.29) is 0 Å². The maximum atomic E-state index is 4.95. The van der Waals surface area contributed by atoms with Gasteiger partial charge in [0.15, 0.2) is 0 Å². The highest BCUT2D eigenvalue weighted by Gasteiger charge is 2.22. The largest absolute Gasteiger partial charge is 0.369 e. The van der Waals surface area contributed by atoms with Crippen molar-refractivity contribution >= 4 is 27.4 Å². The predicted molar refractivity (Wildman–Crippen MR) is 122 cm³/mol. The number of nitrogens with zero attached hydrogens (tertiary/aromatic N) is 5. The van der Waals surface area contributed by atoms with E-state index in [4.69, 9.17) is 9.97 Å². The van der Waals surface area contributed by atoms with Gasteiger partial charge in [-0.3, -0.25) is 0 Å². The maximum absolute atomic E-state index is 4.95. The number of thiophene rings is 1. The van der Waals surface area contributed by atoms with Gasteiger partial charge in [-0.15, -0.1) is 11.3 Å². The standard InChI is InChI=1S/C22H32N6S/c1-5-27(6-2)13-9-12-23-20-19-17-10-7-8-11-18(17)29-21(19)25-22(24-20)28-16(4)14-15(3)26-28/h14H,5-13H2,1-4H3,(H,23,24,25). The van der Waals surface area contributed by atoms with Crippen LogP contribution in [0.4, 0.5) is 5.82 Å². The van der Waals surface area contributed by atoms with Gasteiger partial charge in [-0.25, -0.2) is 4.68 Å². The molecular formula is C22H32N6S. The maximum Gasteiger partial charge on any atom is 0.254 e. The molecular weight excluding hydrogens is 380 g/mol. The number of nitrogens with one attached hydrogen (secondary N) is 1. The molecule has 1 aliphatic rings. The molecule has 0 amide bonds. The normalized spacial score (nSPS) is 14.0. The molecule has 0 radical (unpaired) electrons. The topological polar surface area (TPSA) is 58.9 Å². The van der Waals surface area contributed by atoms with Crippen LogP contribution in [0.3, 0.4) is 0 Å². The van der Waals surface area contributed by atoms with Gasteiger partial charge in [0.25, 0.3) is 5.95 Å². The number of anilines is 1. The van der Waals surface area contributed by atoms with Crippen LogP contribution in [0.15, 0.2) is 6.07 Å². The zero-order chi connectivity index (χ0) is 20.4. The van der Waals surface area contributed by atoms with Crippen LogP contribution in [0.2, 0.25) is 0 Å². The third-order valence-electron chi connectivity index (χ3n) is 5.84. The van der Waals surface area contributed by atoms with Gasteiger partial charge >= 0.3 is 0 Å². The molecule has 0 fully saturated rings. The Kier molecular flexibility index (Phi) is 6.15. The fourth-order valence-corrected chi connectivity index (χ4v) is 5.51. The van der Waals surface area contributed by atoms with Crippen molar-refractivity contribution in [2.45, 2.75) is 59.8 Å². The Balaban J connectivity index is 1.67. The highest BCUT2D eigenvalue weighted by atomic mass is 32.1. The molecule has 7 heteroatoms. The minimum Gasteiger partial charge on any atom is -0.369 e. The summed E-state index contributed by atoms with van der Waals surface area (Å²) >= 11 is 1.85. The van der Waals surface area contributed by atoms with Gasteiger partial charge in [0.2, 0.25) is 0 Å². The van der Waals surface area contributed by atoms with Gasteiger partial charge in [-0.1, -0.05) is 13.8 Å². The molecule has 6 nitrogen and oxygen atoms in total.